The Labute approximate surface area is 102 Å². The van der Waals surface area contributed by atoms with Crippen LogP contribution in [-0.2, 0) is 0 Å². The molecule has 0 atom stereocenters. The van der Waals surface area contributed by atoms with Crippen molar-refractivity contribution in [2.75, 3.05) is 20.2 Å². The smallest absolute Gasteiger partial charge is 0.160 e. The van der Waals surface area contributed by atoms with Crippen molar-refractivity contribution in [1.82, 2.24) is 5.01 Å². The summed E-state index contributed by atoms with van der Waals surface area (Å²) in [4.78, 5) is 0. The van der Waals surface area contributed by atoms with Gasteiger partial charge in [-0.2, -0.15) is 5.10 Å². The van der Waals surface area contributed by atoms with Gasteiger partial charge in [0.2, 0.25) is 0 Å². The zero-order valence-electron chi connectivity index (χ0n) is 10.1. The van der Waals surface area contributed by atoms with Crippen LogP contribution in [0.5, 0.6) is 11.5 Å². The molecule has 0 spiro atoms. The summed E-state index contributed by atoms with van der Waals surface area (Å²) >= 11 is 0. The van der Waals surface area contributed by atoms with Gasteiger partial charge in [-0.05, 0) is 43.0 Å². The number of benzene rings is 1. The molecule has 0 bridgehead atoms. The van der Waals surface area contributed by atoms with Crippen LogP contribution in [-0.4, -0.2) is 36.5 Å². The lowest BCUT2D eigenvalue weighted by atomic mass is 10.2. The first-order valence-electron chi connectivity index (χ1n) is 5.95. The highest BCUT2D eigenvalue weighted by Gasteiger charge is 2.06. The maximum Gasteiger partial charge on any atom is 0.160 e. The Morgan fingerprint density at radius 1 is 1.29 bits per heavy atom. The van der Waals surface area contributed by atoms with E-state index >= 15 is 0 Å². The van der Waals surface area contributed by atoms with Crippen LogP contribution in [0.25, 0.3) is 0 Å². The molecule has 1 saturated heterocycles. The lowest BCUT2D eigenvalue weighted by molar-refractivity contribution is 0.240. The summed E-state index contributed by atoms with van der Waals surface area (Å²) in [5, 5.41) is 16.1. The zero-order valence-corrected chi connectivity index (χ0v) is 10.1. The second kappa shape index (κ2) is 5.57. The molecule has 1 aromatic carbocycles. The van der Waals surface area contributed by atoms with E-state index in [4.69, 9.17) is 4.74 Å². The fourth-order valence-electron chi connectivity index (χ4n) is 1.93. The van der Waals surface area contributed by atoms with E-state index in [0.29, 0.717) is 5.75 Å². The third kappa shape index (κ3) is 3.12. The summed E-state index contributed by atoms with van der Waals surface area (Å²) in [6.45, 7) is 2.05. The average molecular weight is 234 g/mol. The lowest BCUT2D eigenvalue weighted by Crippen LogP contribution is -2.24. The summed E-state index contributed by atoms with van der Waals surface area (Å²) in [7, 11) is 1.54. The van der Waals surface area contributed by atoms with E-state index in [9.17, 15) is 5.11 Å². The molecular weight excluding hydrogens is 216 g/mol. The fourth-order valence-corrected chi connectivity index (χ4v) is 1.93. The monoisotopic (exact) mass is 234 g/mol. The highest BCUT2D eigenvalue weighted by molar-refractivity contribution is 5.80. The molecule has 1 heterocycles. The highest BCUT2D eigenvalue weighted by atomic mass is 16.5. The fraction of sp³-hybridized carbons (Fsp3) is 0.462. The molecule has 0 aromatic heterocycles. The highest BCUT2D eigenvalue weighted by Crippen LogP contribution is 2.25. The Hall–Kier alpha value is -1.71. The first-order valence-corrected chi connectivity index (χ1v) is 5.95. The molecule has 0 unspecified atom stereocenters. The van der Waals surface area contributed by atoms with Crippen molar-refractivity contribution in [3.05, 3.63) is 23.8 Å². The van der Waals surface area contributed by atoms with Gasteiger partial charge in [-0.3, -0.25) is 5.01 Å². The third-order valence-electron chi connectivity index (χ3n) is 2.91. The number of hydrogen-bond acceptors (Lipinski definition) is 4. The van der Waals surface area contributed by atoms with Gasteiger partial charge in [-0.15, -0.1) is 0 Å². The van der Waals surface area contributed by atoms with Crippen LogP contribution in [0.1, 0.15) is 24.8 Å². The first-order chi connectivity index (χ1) is 8.29. The molecule has 0 saturated carbocycles. The average Bonchev–Trinajstić information content (AvgIpc) is 2.38. The number of phenolic OH excluding ortho intramolecular Hbond substituents is 1. The second-order valence-corrected chi connectivity index (χ2v) is 4.19. The van der Waals surface area contributed by atoms with Crippen molar-refractivity contribution < 1.29 is 9.84 Å². The van der Waals surface area contributed by atoms with Crippen molar-refractivity contribution in [1.29, 1.82) is 0 Å². The summed E-state index contributed by atoms with van der Waals surface area (Å²) < 4.78 is 4.99. The van der Waals surface area contributed by atoms with E-state index in [0.717, 1.165) is 18.7 Å². The van der Waals surface area contributed by atoms with Crippen LogP contribution in [0.2, 0.25) is 0 Å². The quantitative estimate of drug-likeness (QED) is 0.816. The van der Waals surface area contributed by atoms with Gasteiger partial charge < -0.3 is 9.84 Å². The Morgan fingerprint density at radius 3 is 2.71 bits per heavy atom. The molecule has 1 N–H and O–H groups in total. The van der Waals surface area contributed by atoms with E-state index in [2.05, 4.69) is 10.1 Å². The molecule has 17 heavy (non-hydrogen) atoms. The van der Waals surface area contributed by atoms with Crippen LogP contribution in [0.4, 0.5) is 0 Å². The minimum atomic E-state index is 0.148. The maximum absolute atomic E-state index is 9.63. The van der Waals surface area contributed by atoms with E-state index in [1.807, 2.05) is 6.07 Å². The predicted octanol–water partition coefficient (Wildman–Crippen LogP) is 2.22. The number of ether oxygens (including phenoxy) is 1. The zero-order chi connectivity index (χ0) is 12.1. The molecule has 0 aliphatic carbocycles. The van der Waals surface area contributed by atoms with Gasteiger partial charge >= 0.3 is 0 Å². The maximum atomic E-state index is 9.63. The van der Waals surface area contributed by atoms with Crippen molar-refractivity contribution in [2.45, 2.75) is 19.3 Å². The molecule has 0 radical (unpaired) electrons. The van der Waals surface area contributed by atoms with Crippen LogP contribution in [0, 0.1) is 0 Å². The molecule has 2 rings (SSSR count). The lowest BCUT2D eigenvalue weighted by Gasteiger charge is -2.23. The Morgan fingerprint density at radius 2 is 2.06 bits per heavy atom. The Kier molecular flexibility index (Phi) is 3.85. The molecule has 4 nitrogen and oxygen atoms in total. The molecule has 1 aliphatic rings. The molecule has 4 heteroatoms. The minimum Gasteiger partial charge on any atom is -0.504 e. The third-order valence-corrected chi connectivity index (χ3v) is 2.91. The molecule has 1 aromatic rings. The van der Waals surface area contributed by atoms with Gasteiger partial charge in [0.25, 0.3) is 0 Å². The number of piperidine rings is 1. The molecule has 92 valence electrons. The SMILES string of the molecule is COc1ccc(/C=N\N2CCCCC2)cc1O. The van der Waals surface area contributed by atoms with Crippen molar-refractivity contribution in [3.8, 4) is 11.5 Å². The van der Waals surface area contributed by atoms with Gasteiger partial charge in [-0.1, -0.05) is 0 Å². The van der Waals surface area contributed by atoms with Crippen LogP contribution < -0.4 is 4.74 Å². The number of methoxy groups -OCH3 is 1. The summed E-state index contributed by atoms with van der Waals surface area (Å²) in [5.41, 5.74) is 0.883. The summed E-state index contributed by atoms with van der Waals surface area (Å²) in [6.07, 6.45) is 5.51. The van der Waals surface area contributed by atoms with E-state index < -0.39 is 0 Å². The van der Waals surface area contributed by atoms with Gasteiger partial charge in [-0.25, -0.2) is 0 Å². The topological polar surface area (TPSA) is 45.1 Å². The van der Waals surface area contributed by atoms with Crippen LogP contribution >= 0.6 is 0 Å². The molecule has 1 aliphatic heterocycles. The number of aromatic hydroxyl groups is 1. The minimum absolute atomic E-state index is 0.148. The Balaban J connectivity index is 2.02. The number of hydrogen-bond donors (Lipinski definition) is 1. The van der Waals surface area contributed by atoms with E-state index in [-0.39, 0.29) is 5.75 Å². The van der Waals surface area contributed by atoms with Gasteiger partial charge in [0.05, 0.1) is 13.3 Å². The number of nitrogens with zero attached hydrogens (tertiary/aromatic N) is 2. The largest absolute Gasteiger partial charge is 0.504 e. The Bertz CT molecular complexity index is 398. The van der Waals surface area contributed by atoms with Crippen LogP contribution in [0.15, 0.2) is 23.3 Å². The predicted molar refractivity (Wildman–Crippen MR) is 67.7 cm³/mol. The van der Waals surface area contributed by atoms with Crippen molar-refractivity contribution in [2.24, 2.45) is 5.10 Å². The molecule has 1 fully saturated rings. The first kappa shape index (κ1) is 11.8. The molecular formula is C13H18N2O2. The number of phenols is 1. The van der Waals surface area contributed by atoms with Crippen molar-refractivity contribution >= 4 is 6.21 Å². The normalized spacial score (nSPS) is 16.4. The summed E-state index contributed by atoms with van der Waals surface area (Å²) in [5.74, 6) is 0.634. The number of rotatable bonds is 3. The van der Waals surface area contributed by atoms with Gasteiger partial charge in [0.1, 0.15) is 0 Å². The summed E-state index contributed by atoms with van der Waals surface area (Å²) in [6, 6.07) is 5.28. The van der Waals surface area contributed by atoms with Gasteiger partial charge in [0.15, 0.2) is 11.5 Å². The van der Waals surface area contributed by atoms with Gasteiger partial charge in [0, 0.05) is 13.1 Å². The standard InChI is InChI=1S/C13H18N2O2/c1-17-13-6-5-11(9-12(13)16)10-14-15-7-3-2-4-8-15/h5-6,9-10,16H,2-4,7-8H2,1H3/b14-10-. The second-order valence-electron chi connectivity index (χ2n) is 4.19. The van der Waals surface area contributed by atoms with E-state index in [1.165, 1.54) is 26.4 Å². The van der Waals surface area contributed by atoms with Crippen LogP contribution in [0.3, 0.4) is 0 Å². The van der Waals surface area contributed by atoms with E-state index in [1.54, 1.807) is 18.3 Å². The van der Waals surface area contributed by atoms with Crippen molar-refractivity contribution in [3.63, 3.8) is 0 Å². The number of hydrazone groups is 1. The molecule has 0 amide bonds.